The summed E-state index contributed by atoms with van der Waals surface area (Å²) in [4.78, 5) is 21.1. The average Bonchev–Trinajstić information content (AvgIpc) is 3.41. The number of nitrogens with zero attached hydrogens (tertiary/aromatic N) is 3. The summed E-state index contributed by atoms with van der Waals surface area (Å²) in [6.07, 6.45) is 6.93. The minimum Gasteiger partial charge on any atom is -0.494 e. The van der Waals surface area contributed by atoms with Crippen LogP contribution in [0.4, 0.5) is 0 Å². The third-order valence-electron chi connectivity index (χ3n) is 7.07. The number of fused-ring (bicyclic) bond motifs is 3. The van der Waals surface area contributed by atoms with Crippen LogP contribution >= 0.6 is 11.3 Å². The summed E-state index contributed by atoms with van der Waals surface area (Å²) in [7, 11) is 0. The molecule has 1 aliphatic rings. The van der Waals surface area contributed by atoms with Crippen LogP contribution in [-0.4, -0.2) is 52.0 Å². The van der Waals surface area contributed by atoms with Crippen molar-refractivity contribution >= 4 is 32.4 Å². The molecule has 0 unspecified atom stereocenters. The normalized spacial score (nSPS) is 18.8. The van der Waals surface area contributed by atoms with Crippen LogP contribution in [0.1, 0.15) is 56.8 Å². The van der Waals surface area contributed by atoms with Gasteiger partial charge in [0.15, 0.2) is 4.96 Å². The van der Waals surface area contributed by atoms with E-state index in [2.05, 4.69) is 34.7 Å². The van der Waals surface area contributed by atoms with Crippen molar-refractivity contribution in [2.75, 3.05) is 19.7 Å². The van der Waals surface area contributed by atoms with Gasteiger partial charge in [0.05, 0.1) is 22.5 Å². The molecule has 2 atom stereocenters. The number of carbonyl (C=O) groups excluding carboxylic acids is 1. The van der Waals surface area contributed by atoms with Crippen molar-refractivity contribution in [3.05, 3.63) is 54.2 Å². The van der Waals surface area contributed by atoms with Gasteiger partial charge in [-0.3, -0.25) is 14.1 Å². The number of nitrogens with one attached hydrogen (secondary N) is 1. The van der Waals surface area contributed by atoms with Crippen LogP contribution in [0.2, 0.25) is 0 Å². The topological polar surface area (TPSA) is 58.9 Å². The molecule has 1 saturated heterocycles. The molecule has 7 heteroatoms. The zero-order chi connectivity index (χ0) is 24.4. The van der Waals surface area contributed by atoms with Crippen molar-refractivity contribution in [2.24, 2.45) is 0 Å². The Kier molecular flexibility index (Phi) is 7.07. The molecule has 0 spiro atoms. The number of imidazole rings is 1. The van der Waals surface area contributed by atoms with Crippen molar-refractivity contribution < 1.29 is 9.53 Å². The molecule has 4 aromatic rings. The van der Waals surface area contributed by atoms with E-state index in [1.54, 1.807) is 11.3 Å². The van der Waals surface area contributed by atoms with Crippen molar-refractivity contribution in [3.63, 3.8) is 0 Å². The van der Waals surface area contributed by atoms with E-state index in [1.807, 2.05) is 49.4 Å². The van der Waals surface area contributed by atoms with Crippen LogP contribution in [0.15, 0.2) is 48.7 Å². The van der Waals surface area contributed by atoms with Crippen LogP contribution in [0.3, 0.4) is 0 Å². The quantitative estimate of drug-likeness (QED) is 0.308. The van der Waals surface area contributed by atoms with Crippen molar-refractivity contribution in [3.8, 4) is 17.0 Å². The molecule has 1 amide bonds. The first-order chi connectivity index (χ1) is 17.0. The highest BCUT2D eigenvalue weighted by Gasteiger charge is 2.23. The first kappa shape index (κ1) is 23.8. The third-order valence-corrected chi connectivity index (χ3v) is 8.09. The second-order valence-electron chi connectivity index (χ2n) is 9.50. The van der Waals surface area contributed by atoms with Gasteiger partial charge >= 0.3 is 0 Å². The maximum absolute atomic E-state index is 12.8. The van der Waals surface area contributed by atoms with Crippen molar-refractivity contribution in [1.29, 1.82) is 0 Å². The predicted molar refractivity (Wildman–Crippen MR) is 144 cm³/mol. The second-order valence-corrected chi connectivity index (χ2v) is 10.5. The minimum atomic E-state index is -0.00671. The monoisotopic (exact) mass is 490 g/mol. The van der Waals surface area contributed by atoms with Gasteiger partial charge in [0.25, 0.3) is 5.91 Å². The zero-order valence-electron chi connectivity index (χ0n) is 20.8. The number of hydrogen-bond acceptors (Lipinski definition) is 5. The molecule has 35 heavy (non-hydrogen) atoms. The molecule has 0 aliphatic carbocycles. The summed E-state index contributed by atoms with van der Waals surface area (Å²) in [5.74, 6) is 0.858. The number of ether oxygens (including phenoxy) is 1. The van der Waals surface area contributed by atoms with Crippen LogP contribution in [0.25, 0.3) is 26.4 Å². The van der Waals surface area contributed by atoms with E-state index < -0.39 is 0 Å². The lowest BCUT2D eigenvalue weighted by atomic mass is 9.97. The van der Waals surface area contributed by atoms with Gasteiger partial charge in [-0.2, -0.15) is 0 Å². The lowest BCUT2D eigenvalue weighted by molar-refractivity contribution is 0.0925. The first-order valence-electron chi connectivity index (χ1n) is 12.7. The third kappa shape index (κ3) is 5.07. The summed E-state index contributed by atoms with van der Waals surface area (Å²) < 4.78 is 8.71. The lowest BCUT2D eigenvalue weighted by Gasteiger charge is -2.39. The zero-order valence-corrected chi connectivity index (χ0v) is 21.6. The molecule has 0 bridgehead atoms. The fourth-order valence-corrected chi connectivity index (χ4v) is 6.20. The largest absolute Gasteiger partial charge is 0.494 e. The molecule has 2 aromatic heterocycles. The summed E-state index contributed by atoms with van der Waals surface area (Å²) in [6.45, 7) is 9.02. The highest BCUT2D eigenvalue weighted by Crippen LogP contribution is 2.31. The first-order valence-corrected chi connectivity index (χ1v) is 13.5. The highest BCUT2D eigenvalue weighted by molar-refractivity contribution is 7.23. The standard InChI is InChI=1S/C28H34N4O2S/c1-4-34-23-12-9-21(10-13-23)24-18-32-25-14-11-22(17-26(25)35-28(32)30-24)27(33)29-15-6-16-31-19(2)7-5-8-20(31)3/h9-14,17-20H,4-8,15-16H2,1-3H3,(H,29,33)/t19-,20+. The number of likely N-dealkylation sites (tertiary alicyclic amines) is 1. The van der Waals surface area contributed by atoms with E-state index in [4.69, 9.17) is 9.72 Å². The molecule has 5 rings (SSSR count). The molecule has 1 N–H and O–H groups in total. The summed E-state index contributed by atoms with van der Waals surface area (Å²) in [5.41, 5.74) is 3.76. The van der Waals surface area contributed by atoms with Gasteiger partial charge in [-0.15, -0.1) is 0 Å². The molecule has 1 aliphatic heterocycles. The second kappa shape index (κ2) is 10.4. The van der Waals surface area contributed by atoms with Crippen LogP contribution < -0.4 is 10.1 Å². The Bertz CT molecular complexity index is 1300. The Labute approximate surface area is 210 Å². The smallest absolute Gasteiger partial charge is 0.251 e. The number of aromatic nitrogens is 2. The van der Waals surface area contributed by atoms with Crippen LogP contribution in [0, 0.1) is 0 Å². The molecule has 0 saturated carbocycles. The maximum Gasteiger partial charge on any atom is 0.251 e. The number of hydrogen-bond donors (Lipinski definition) is 1. The number of amides is 1. The number of thiazole rings is 1. The summed E-state index contributed by atoms with van der Waals surface area (Å²) in [5, 5.41) is 3.11. The Hall–Kier alpha value is -2.90. The molecule has 2 aromatic carbocycles. The lowest BCUT2D eigenvalue weighted by Crippen LogP contribution is -2.44. The Morgan fingerprint density at radius 2 is 1.91 bits per heavy atom. The molecule has 1 fully saturated rings. The number of benzene rings is 2. The Balaban J connectivity index is 1.23. The van der Waals surface area contributed by atoms with Crippen LogP contribution in [-0.2, 0) is 0 Å². The van der Waals surface area contributed by atoms with Crippen molar-refractivity contribution in [1.82, 2.24) is 19.6 Å². The van der Waals surface area contributed by atoms with Crippen molar-refractivity contribution in [2.45, 2.75) is 58.5 Å². The molecule has 3 heterocycles. The molecule has 6 nitrogen and oxygen atoms in total. The van der Waals surface area contributed by atoms with Gasteiger partial charge < -0.3 is 10.1 Å². The number of carbonyl (C=O) groups is 1. The minimum absolute atomic E-state index is 0.00671. The molecular weight excluding hydrogens is 456 g/mol. The van der Waals surface area contributed by atoms with Gasteiger partial charge in [-0.05, 0) is 82.5 Å². The Morgan fingerprint density at radius 3 is 2.66 bits per heavy atom. The average molecular weight is 491 g/mol. The molecular formula is C28H34N4O2S. The Morgan fingerprint density at radius 1 is 1.14 bits per heavy atom. The van der Waals surface area contributed by atoms with E-state index in [0.29, 0.717) is 30.8 Å². The fourth-order valence-electron chi connectivity index (χ4n) is 5.15. The van der Waals surface area contributed by atoms with Gasteiger partial charge in [0.1, 0.15) is 5.75 Å². The van der Waals surface area contributed by atoms with E-state index in [9.17, 15) is 4.79 Å². The molecule has 0 radical (unpaired) electrons. The van der Waals surface area contributed by atoms with E-state index in [1.165, 1.54) is 19.3 Å². The SMILES string of the molecule is CCOc1ccc(-c2cn3c(n2)sc2cc(C(=O)NCCCN4[C@H](C)CCC[C@@H]4C)ccc23)cc1. The highest BCUT2D eigenvalue weighted by atomic mass is 32.1. The van der Waals surface area contributed by atoms with E-state index in [-0.39, 0.29) is 5.91 Å². The summed E-state index contributed by atoms with van der Waals surface area (Å²) >= 11 is 1.61. The van der Waals surface area contributed by atoms with Gasteiger partial charge in [0, 0.05) is 42.5 Å². The van der Waals surface area contributed by atoms with E-state index in [0.717, 1.165) is 45.1 Å². The van der Waals surface area contributed by atoms with Gasteiger partial charge in [-0.1, -0.05) is 17.8 Å². The maximum atomic E-state index is 12.8. The summed E-state index contributed by atoms with van der Waals surface area (Å²) in [6, 6.07) is 15.2. The number of piperidine rings is 1. The van der Waals surface area contributed by atoms with Gasteiger partial charge in [-0.25, -0.2) is 4.98 Å². The predicted octanol–water partition coefficient (Wildman–Crippen LogP) is 6.00. The van der Waals surface area contributed by atoms with Crippen LogP contribution in [0.5, 0.6) is 5.75 Å². The molecule has 184 valence electrons. The fraction of sp³-hybridized carbons (Fsp3) is 0.429. The van der Waals surface area contributed by atoms with E-state index >= 15 is 0 Å². The number of rotatable bonds is 8. The van der Waals surface area contributed by atoms with Gasteiger partial charge in [0.2, 0.25) is 0 Å².